The monoisotopic (exact) mass is 378 g/mol. The first-order valence-electron chi connectivity index (χ1n) is 10.6. The zero-order valence-electron chi connectivity index (χ0n) is 16.6. The van der Waals surface area contributed by atoms with Gasteiger partial charge >= 0.3 is 0 Å². The first kappa shape index (κ1) is 24.9. The van der Waals surface area contributed by atoms with Crippen LogP contribution in [0.2, 0.25) is 0 Å². The average Bonchev–Trinajstić information content (AvgIpc) is 2.56. The van der Waals surface area contributed by atoms with Gasteiger partial charge < -0.3 is 5.11 Å². The molecule has 25 heavy (non-hydrogen) atoms. The lowest BCUT2D eigenvalue weighted by atomic mass is 10.0. The molecule has 0 fully saturated rings. The molecule has 0 aromatic rings. The number of aliphatic hydroxyl groups is 1. The smallest absolute Gasteiger partial charge is 0.267 e. The van der Waals surface area contributed by atoms with E-state index in [1.165, 1.54) is 51.4 Å². The van der Waals surface area contributed by atoms with E-state index in [2.05, 4.69) is 6.92 Å². The summed E-state index contributed by atoms with van der Waals surface area (Å²) in [6, 6.07) is 0. The molecule has 0 amide bonds. The second-order valence-corrected chi connectivity index (χ2v) is 9.15. The molecule has 0 aromatic carbocycles. The molecule has 0 rings (SSSR count). The van der Waals surface area contributed by atoms with Gasteiger partial charge in [-0.15, -0.1) is 0 Å². The van der Waals surface area contributed by atoms with Gasteiger partial charge in [0.25, 0.3) is 10.1 Å². The van der Waals surface area contributed by atoms with Crippen LogP contribution in [-0.4, -0.2) is 29.4 Å². The van der Waals surface area contributed by atoms with Crippen molar-refractivity contribution in [1.29, 1.82) is 0 Å². The molecule has 0 aliphatic carbocycles. The summed E-state index contributed by atoms with van der Waals surface area (Å²) >= 11 is 0. The van der Waals surface area contributed by atoms with E-state index in [0.717, 1.165) is 19.3 Å². The van der Waals surface area contributed by atoms with Gasteiger partial charge in [-0.1, -0.05) is 84.5 Å². The maximum absolute atomic E-state index is 11.5. The van der Waals surface area contributed by atoms with Gasteiger partial charge in [-0.3, -0.25) is 4.55 Å². The Bertz CT molecular complexity index is 381. The number of aliphatic hydroxyl groups excluding tert-OH is 1. The second kappa shape index (κ2) is 16.1. The molecule has 5 heteroatoms. The van der Waals surface area contributed by atoms with E-state index in [-0.39, 0.29) is 6.10 Å². The fourth-order valence-corrected chi connectivity index (χ4v) is 4.19. The van der Waals surface area contributed by atoms with Gasteiger partial charge in [-0.25, -0.2) is 0 Å². The van der Waals surface area contributed by atoms with E-state index < -0.39 is 15.4 Å². The normalized spacial score (nSPS) is 14.6. The molecule has 0 spiro atoms. The average molecular weight is 379 g/mol. The van der Waals surface area contributed by atoms with Crippen molar-refractivity contribution in [3.05, 3.63) is 0 Å². The van der Waals surface area contributed by atoms with Gasteiger partial charge in [0.1, 0.15) is 0 Å². The molecule has 0 radical (unpaired) electrons. The topological polar surface area (TPSA) is 74.6 Å². The Morgan fingerprint density at radius 2 is 1.12 bits per heavy atom. The van der Waals surface area contributed by atoms with Crippen LogP contribution in [0.5, 0.6) is 0 Å². The molecular weight excluding hydrogens is 336 g/mol. The van der Waals surface area contributed by atoms with E-state index in [1.54, 1.807) is 0 Å². The van der Waals surface area contributed by atoms with Crippen molar-refractivity contribution >= 4 is 10.1 Å². The van der Waals surface area contributed by atoms with Crippen LogP contribution in [0.3, 0.4) is 0 Å². The highest BCUT2D eigenvalue weighted by atomic mass is 32.2. The molecule has 152 valence electrons. The van der Waals surface area contributed by atoms with Crippen molar-refractivity contribution in [3.8, 4) is 0 Å². The van der Waals surface area contributed by atoms with Gasteiger partial charge in [0.05, 0.1) is 11.4 Å². The highest BCUT2D eigenvalue weighted by molar-refractivity contribution is 7.86. The molecule has 2 atom stereocenters. The minimum atomic E-state index is -3.96. The van der Waals surface area contributed by atoms with Crippen molar-refractivity contribution in [2.45, 2.75) is 128 Å². The Balaban J connectivity index is 3.68. The Hall–Kier alpha value is -0.130. The zero-order valence-corrected chi connectivity index (χ0v) is 17.4. The fourth-order valence-electron chi connectivity index (χ4n) is 3.26. The third kappa shape index (κ3) is 15.8. The maximum atomic E-state index is 11.5. The lowest BCUT2D eigenvalue weighted by molar-refractivity contribution is 0.156. The Morgan fingerprint density at radius 1 is 0.680 bits per heavy atom. The van der Waals surface area contributed by atoms with Crippen LogP contribution in [0.1, 0.15) is 117 Å². The number of unbranched alkanes of at least 4 members (excludes halogenated alkanes) is 10. The van der Waals surface area contributed by atoms with Crippen molar-refractivity contribution in [2.24, 2.45) is 0 Å². The number of rotatable bonds is 18. The maximum Gasteiger partial charge on any atom is 0.267 e. The minimum absolute atomic E-state index is 0.357. The highest BCUT2D eigenvalue weighted by Crippen LogP contribution is 2.19. The SMILES string of the molecule is CCCCCCCCCCCCCC(CCCC(O)CC)S(=O)(=O)O. The van der Waals surface area contributed by atoms with Crippen LogP contribution < -0.4 is 0 Å². The summed E-state index contributed by atoms with van der Waals surface area (Å²) in [7, 11) is -3.96. The van der Waals surface area contributed by atoms with E-state index in [9.17, 15) is 18.1 Å². The molecular formula is C20H42O4S. The summed E-state index contributed by atoms with van der Waals surface area (Å²) in [4.78, 5) is 0. The van der Waals surface area contributed by atoms with E-state index in [4.69, 9.17) is 0 Å². The van der Waals surface area contributed by atoms with E-state index in [1.807, 2.05) is 6.92 Å². The van der Waals surface area contributed by atoms with Crippen LogP contribution in [0, 0.1) is 0 Å². The molecule has 0 bridgehead atoms. The van der Waals surface area contributed by atoms with Gasteiger partial charge in [-0.05, 0) is 32.1 Å². The van der Waals surface area contributed by atoms with E-state index in [0.29, 0.717) is 32.1 Å². The first-order valence-corrected chi connectivity index (χ1v) is 12.1. The molecule has 0 aromatic heterocycles. The first-order chi connectivity index (χ1) is 11.9. The largest absolute Gasteiger partial charge is 0.393 e. The summed E-state index contributed by atoms with van der Waals surface area (Å²) in [5, 5.41) is 8.88. The predicted molar refractivity (Wildman–Crippen MR) is 107 cm³/mol. The van der Waals surface area contributed by atoms with Crippen molar-refractivity contribution in [1.82, 2.24) is 0 Å². The van der Waals surface area contributed by atoms with Crippen LogP contribution >= 0.6 is 0 Å². The standard InChI is InChI=1S/C20H42O4S/c1-3-5-6-7-8-9-10-11-12-13-14-17-20(25(22,23)24)18-15-16-19(21)4-2/h19-21H,3-18H2,1-2H3,(H,22,23,24). The summed E-state index contributed by atoms with van der Waals surface area (Å²) in [6.07, 6.45) is 16.2. The van der Waals surface area contributed by atoms with Crippen LogP contribution in [0.15, 0.2) is 0 Å². The zero-order chi connectivity index (χ0) is 19.0. The van der Waals surface area contributed by atoms with Crippen molar-refractivity contribution in [2.75, 3.05) is 0 Å². The molecule has 2 N–H and O–H groups in total. The fraction of sp³-hybridized carbons (Fsp3) is 1.00. The molecule has 4 nitrogen and oxygen atoms in total. The highest BCUT2D eigenvalue weighted by Gasteiger charge is 2.22. The third-order valence-corrected chi connectivity index (χ3v) is 6.40. The summed E-state index contributed by atoms with van der Waals surface area (Å²) in [5.74, 6) is 0. The van der Waals surface area contributed by atoms with Gasteiger partial charge in [-0.2, -0.15) is 8.42 Å². The summed E-state index contributed by atoms with van der Waals surface area (Å²) in [5.41, 5.74) is 0. The van der Waals surface area contributed by atoms with Gasteiger partial charge in [0, 0.05) is 0 Å². The molecule has 0 heterocycles. The quantitative estimate of drug-likeness (QED) is 0.230. The Labute approximate surface area is 156 Å². The van der Waals surface area contributed by atoms with Crippen LogP contribution in [0.25, 0.3) is 0 Å². The Kier molecular flexibility index (Phi) is 16.0. The predicted octanol–water partition coefficient (Wildman–Crippen LogP) is 5.89. The number of hydrogen-bond acceptors (Lipinski definition) is 3. The minimum Gasteiger partial charge on any atom is -0.393 e. The summed E-state index contributed by atoms with van der Waals surface area (Å²) < 4.78 is 32.3. The molecule has 0 aliphatic heterocycles. The third-order valence-electron chi connectivity index (χ3n) is 5.09. The lowest BCUT2D eigenvalue weighted by Gasteiger charge is -2.15. The van der Waals surface area contributed by atoms with Gasteiger partial charge in [0.2, 0.25) is 0 Å². The molecule has 0 saturated heterocycles. The van der Waals surface area contributed by atoms with Gasteiger partial charge in [0.15, 0.2) is 0 Å². The van der Waals surface area contributed by atoms with Crippen LogP contribution in [0.4, 0.5) is 0 Å². The second-order valence-electron chi connectivity index (χ2n) is 7.45. The lowest BCUT2D eigenvalue weighted by Crippen LogP contribution is -2.21. The van der Waals surface area contributed by atoms with Crippen LogP contribution in [-0.2, 0) is 10.1 Å². The summed E-state index contributed by atoms with van der Waals surface area (Å²) in [6.45, 7) is 4.15. The van der Waals surface area contributed by atoms with Crippen molar-refractivity contribution < 1.29 is 18.1 Å². The molecule has 0 aliphatic rings. The Morgan fingerprint density at radius 3 is 1.56 bits per heavy atom. The van der Waals surface area contributed by atoms with E-state index >= 15 is 0 Å². The number of hydrogen-bond donors (Lipinski definition) is 2. The molecule has 2 unspecified atom stereocenters. The molecule has 0 saturated carbocycles. The van der Waals surface area contributed by atoms with Crippen molar-refractivity contribution in [3.63, 3.8) is 0 Å².